The summed E-state index contributed by atoms with van der Waals surface area (Å²) in [5.41, 5.74) is 0. The Bertz CT molecular complexity index is 301. The lowest BCUT2D eigenvalue weighted by Gasteiger charge is -2.17. The van der Waals surface area contributed by atoms with E-state index in [0.29, 0.717) is 12.2 Å². The first-order valence-corrected chi connectivity index (χ1v) is 7.70. The first kappa shape index (κ1) is 11.4. The molecular formula is C9H20O5PS+. The number of ether oxygens (including phenoxy) is 1. The van der Waals surface area contributed by atoms with Gasteiger partial charge in [0.1, 0.15) is 6.10 Å². The molecule has 96 valence electrons. The Morgan fingerprint density at radius 3 is 3.00 bits per heavy atom. The Balaban J connectivity index is 2.69. The van der Waals surface area contributed by atoms with Gasteiger partial charge >= 0.3 is 8.25 Å². The zero-order valence-corrected chi connectivity index (χ0v) is 11.1. The van der Waals surface area contributed by atoms with E-state index in [1.54, 1.807) is 13.2 Å². The molecule has 1 aliphatic heterocycles. The summed E-state index contributed by atoms with van der Waals surface area (Å²) >= 11 is -2.14. The van der Waals surface area contributed by atoms with Gasteiger partial charge in [0, 0.05) is 10.5 Å². The van der Waals surface area contributed by atoms with E-state index in [4.69, 9.17) is 16.4 Å². The summed E-state index contributed by atoms with van der Waals surface area (Å²) in [5.74, 6) is 0.116. The Morgan fingerprint density at radius 2 is 2.50 bits per heavy atom. The summed E-state index contributed by atoms with van der Waals surface area (Å²) < 4.78 is 36.4. The van der Waals surface area contributed by atoms with Crippen molar-refractivity contribution in [3.63, 3.8) is 0 Å². The SMILES string of the molecule is [2H]S([3H])(C)CC[C@@H]1C(O[P+](=O)O)[C@H](C)O[C@@H]1CO. The minimum absolute atomic E-state index is 0.195. The average Bonchev–Trinajstić information content (AvgIpc) is 2.51. The van der Waals surface area contributed by atoms with Crippen LogP contribution in [-0.2, 0) is 13.8 Å². The summed E-state index contributed by atoms with van der Waals surface area (Å²) in [7, 11) is -2.73. The summed E-state index contributed by atoms with van der Waals surface area (Å²) in [5, 5.41) is 9.23. The van der Waals surface area contributed by atoms with Crippen LogP contribution in [0.4, 0.5) is 0 Å². The highest BCUT2D eigenvalue weighted by Crippen LogP contribution is 2.36. The lowest BCUT2D eigenvalue weighted by Crippen LogP contribution is -2.29. The molecule has 0 aromatic heterocycles. The van der Waals surface area contributed by atoms with Gasteiger partial charge in [-0.25, -0.2) is 0 Å². The molecule has 1 rings (SSSR count). The van der Waals surface area contributed by atoms with E-state index in [0.717, 1.165) is 0 Å². The van der Waals surface area contributed by atoms with Crippen molar-refractivity contribution in [2.75, 3.05) is 18.6 Å². The van der Waals surface area contributed by atoms with Crippen LogP contribution >= 0.6 is 19.8 Å². The molecule has 0 bridgehead atoms. The highest BCUT2D eigenvalue weighted by Gasteiger charge is 2.46. The number of hydrogen-bond donors (Lipinski definition) is 2. The third-order valence-corrected chi connectivity index (χ3v) is 3.87. The summed E-state index contributed by atoms with van der Waals surface area (Å²) in [6, 6.07) is 0. The molecule has 16 heavy (non-hydrogen) atoms. The highest BCUT2D eigenvalue weighted by molar-refractivity contribution is 7.98. The topological polar surface area (TPSA) is 76.0 Å². The molecule has 1 fully saturated rings. The third-order valence-electron chi connectivity index (χ3n) is 2.80. The number of rotatable bonds is 6. The largest absolute Gasteiger partial charge is 0.695 e. The highest BCUT2D eigenvalue weighted by atomic mass is 32.2. The van der Waals surface area contributed by atoms with Crippen molar-refractivity contribution in [3.8, 4) is 0 Å². The fourth-order valence-corrected chi connectivity index (χ4v) is 3.11. The lowest BCUT2D eigenvalue weighted by atomic mass is 9.94. The van der Waals surface area contributed by atoms with Crippen molar-refractivity contribution < 1.29 is 23.8 Å². The van der Waals surface area contributed by atoms with Crippen LogP contribution in [0.2, 0.25) is 0 Å². The van der Waals surface area contributed by atoms with Gasteiger partial charge in [0.05, 0.1) is 21.1 Å². The van der Waals surface area contributed by atoms with Gasteiger partial charge in [-0.15, -0.1) is 9.42 Å². The predicted octanol–water partition coefficient (Wildman–Crippen LogP) is 0.635. The lowest BCUT2D eigenvalue weighted by molar-refractivity contribution is -0.000352. The predicted molar refractivity (Wildman–Crippen MR) is 65.4 cm³/mol. The second kappa shape index (κ2) is 6.89. The molecule has 5 nitrogen and oxygen atoms in total. The van der Waals surface area contributed by atoms with E-state index in [1.165, 1.54) is 0 Å². The summed E-state index contributed by atoms with van der Waals surface area (Å²) in [6.45, 7) is 1.53. The van der Waals surface area contributed by atoms with Gasteiger partial charge in [0.25, 0.3) is 0 Å². The summed E-state index contributed by atoms with van der Waals surface area (Å²) in [6.07, 6.45) is 0.625. The van der Waals surface area contributed by atoms with Crippen molar-refractivity contribution in [1.29, 1.82) is 2.25 Å². The van der Waals surface area contributed by atoms with Crippen LogP contribution in [0.3, 0.4) is 0 Å². The van der Waals surface area contributed by atoms with Crippen LogP contribution < -0.4 is 0 Å². The van der Waals surface area contributed by atoms with Gasteiger partial charge < -0.3 is 9.84 Å². The van der Waals surface area contributed by atoms with Gasteiger partial charge in [-0.1, -0.05) is 0 Å². The van der Waals surface area contributed by atoms with Crippen molar-refractivity contribution in [2.24, 2.45) is 5.92 Å². The average molecular weight is 274 g/mol. The maximum Gasteiger partial charge on any atom is 0.695 e. The Labute approximate surface area is 103 Å². The first-order chi connectivity index (χ1) is 8.24. The van der Waals surface area contributed by atoms with E-state index in [-0.39, 0.29) is 18.6 Å². The molecule has 0 spiro atoms. The van der Waals surface area contributed by atoms with Crippen LogP contribution in [-0.4, -0.2) is 49.2 Å². The molecule has 0 aromatic rings. The Kier molecular flexibility index (Phi) is 4.90. The normalized spacial score (nSPS) is 43.1. The van der Waals surface area contributed by atoms with Crippen molar-refractivity contribution in [2.45, 2.75) is 31.7 Å². The fraction of sp³-hybridized carbons (Fsp3) is 1.00. The van der Waals surface area contributed by atoms with E-state index >= 15 is 0 Å². The Morgan fingerprint density at radius 1 is 1.81 bits per heavy atom. The molecule has 0 amide bonds. The van der Waals surface area contributed by atoms with Crippen LogP contribution in [0.5, 0.6) is 0 Å². The molecule has 3 unspecified atom stereocenters. The van der Waals surface area contributed by atoms with Crippen LogP contribution in [0.15, 0.2) is 0 Å². The molecule has 0 saturated carbocycles. The van der Waals surface area contributed by atoms with Crippen LogP contribution in [0.1, 0.15) is 13.3 Å². The first-order valence-electron chi connectivity index (χ1n) is 6.00. The van der Waals surface area contributed by atoms with Gasteiger partial charge in [-0.3, -0.25) is 11.6 Å². The van der Waals surface area contributed by atoms with E-state index in [1.807, 2.05) is 0 Å². The minimum atomic E-state index is -2.73. The second-order valence-electron chi connectivity index (χ2n) is 3.82. The zero-order valence-electron chi connectivity index (χ0n) is 11.4. The van der Waals surface area contributed by atoms with Crippen molar-refractivity contribution in [1.82, 2.24) is 0 Å². The van der Waals surface area contributed by atoms with E-state index in [2.05, 4.69) is 0 Å². The monoisotopic (exact) mass is 274 g/mol. The van der Waals surface area contributed by atoms with Crippen LogP contribution in [0, 0.1) is 5.92 Å². The second-order valence-corrected chi connectivity index (χ2v) is 5.49. The molecule has 2 N–H and O–H groups in total. The smallest absolute Gasteiger partial charge is 0.394 e. The van der Waals surface area contributed by atoms with Crippen molar-refractivity contribution >= 4 is 19.8 Å². The molecule has 1 saturated heterocycles. The molecule has 1 heterocycles. The maximum atomic E-state index is 10.8. The van der Waals surface area contributed by atoms with Gasteiger partial charge in [0.15, 0.2) is 0 Å². The molecule has 0 aromatic carbocycles. The maximum absolute atomic E-state index is 10.8. The minimum Gasteiger partial charge on any atom is -0.394 e. The van der Waals surface area contributed by atoms with Crippen molar-refractivity contribution in [3.05, 3.63) is 0 Å². The van der Waals surface area contributed by atoms with E-state index in [9.17, 15) is 9.67 Å². The summed E-state index contributed by atoms with van der Waals surface area (Å²) in [4.78, 5) is 8.84. The Hall–Kier alpha value is 0.290. The molecule has 0 aliphatic carbocycles. The number of aliphatic hydroxyl groups excluding tert-OH is 1. The van der Waals surface area contributed by atoms with Gasteiger partial charge in [-0.05, 0) is 25.4 Å². The molecule has 0 radical (unpaired) electrons. The zero-order chi connectivity index (χ0) is 13.9. The molecule has 7 heteroatoms. The van der Waals surface area contributed by atoms with Gasteiger partial charge in [0.2, 0.25) is 0 Å². The molecule has 1 aliphatic rings. The fourth-order valence-electron chi connectivity index (χ4n) is 2.06. The number of aliphatic hydroxyl groups is 1. The number of hydrogen-bond acceptors (Lipinski definition) is 4. The van der Waals surface area contributed by atoms with E-state index < -0.39 is 32.0 Å². The quantitative estimate of drug-likeness (QED) is 0.695. The molecular weight excluding hydrogens is 251 g/mol. The molecule has 6 atom stereocenters. The third kappa shape index (κ3) is 3.65. The van der Waals surface area contributed by atoms with Crippen LogP contribution in [0.25, 0.3) is 0 Å². The van der Waals surface area contributed by atoms with Gasteiger partial charge in [-0.2, -0.15) is 0 Å². The standard InChI is InChI=1S/C9H19O5PS/c1-6-9(14-15(11)12)7(3-4-16-2)8(5-10)13-6/h6-10H,3-5,16H2,1-2H3/p+1/t6-,7-,8+,9?/m0/s1/i16TD.